The first-order valence-corrected chi connectivity index (χ1v) is 6.72. The number of nitrogens with one attached hydrogen (secondary N) is 1. The van der Waals surface area contributed by atoms with Gasteiger partial charge in [0.1, 0.15) is 5.82 Å². The van der Waals surface area contributed by atoms with Gasteiger partial charge in [-0.2, -0.15) is 0 Å². The van der Waals surface area contributed by atoms with E-state index in [-0.39, 0.29) is 36.8 Å². The zero-order valence-electron chi connectivity index (χ0n) is 12.8. The van der Waals surface area contributed by atoms with E-state index in [0.29, 0.717) is 12.1 Å². The molecule has 0 bridgehead atoms. The summed E-state index contributed by atoms with van der Waals surface area (Å²) in [6.07, 6.45) is 4.69. The second-order valence-corrected chi connectivity index (χ2v) is 4.85. The number of pyridine rings is 1. The van der Waals surface area contributed by atoms with E-state index in [1.165, 1.54) is 0 Å². The smallest absolute Gasteiger partial charge is 0.253 e. The Morgan fingerprint density at radius 1 is 1.38 bits per heavy atom. The number of nitrogens with two attached hydrogens (primary N) is 1. The summed E-state index contributed by atoms with van der Waals surface area (Å²) in [6.45, 7) is 2.59. The molecule has 1 rings (SSSR count). The Morgan fingerprint density at radius 2 is 2.05 bits per heavy atom. The van der Waals surface area contributed by atoms with Crippen molar-refractivity contribution in [1.82, 2.24) is 10.3 Å². The lowest BCUT2D eigenvalue weighted by molar-refractivity contribution is 0.0935. The predicted octanol–water partition coefficient (Wildman–Crippen LogP) is 2.24. The Hall–Kier alpha value is -1.04. The zero-order valence-corrected chi connectivity index (χ0v) is 14.5. The number of nitrogens with zero attached hydrogens (tertiary/aromatic N) is 2. The molecule has 0 saturated carbocycles. The van der Waals surface area contributed by atoms with Crippen LogP contribution in [0.4, 0.5) is 5.82 Å². The number of halogens is 2. The van der Waals surface area contributed by atoms with E-state index < -0.39 is 0 Å². The topological polar surface area (TPSA) is 71.2 Å². The molecule has 0 aliphatic heterocycles. The average Bonchev–Trinajstić information content (AvgIpc) is 2.43. The fourth-order valence-electron chi connectivity index (χ4n) is 1.75. The first kappa shape index (κ1) is 22.2. The van der Waals surface area contributed by atoms with Gasteiger partial charge in [-0.3, -0.25) is 4.79 Å². The second-order valence-electron chi connectivity index (χ2n) is 4.85. The molecule has 1 aromatic heterocycles. The van der Waals surface area contributed by atoms with Gasteiger partial charge < -0.3 is 16.0 Å². The first-order valence-electron chi connectivity index (χ1n) is 6.72. The molecule has 1 unspecified atom stereocenters. The summed E-state index contributed by atoms with van der Waals surface area (Å²) in [5.74, 6) is 0.724. The van der Waals surface area contributed by atoms with Crippen LogP contribution in [0.3, 0.4) is 0 Å². The van der Waals surface area contributed by atoms with E-state index in [9.17, 15) is 4.79 Å². The molecule has 1 atom stereocenters. The number of aromatic nitrogens is 1. The fraction of sp³-hybridized carbons (Fsp3) is 0.571. The van der Waals surface area contributed by atoms with Crippen LogP contribution in [0.25, 0.3) is 0 Å². The minimum absolute atomic E-state index is 0. The van der Waals surface area contributed by atoms with Gasteiger partial charge >= 0.3 is 0 Å². The van der Waals surface area contributed by atoms with Crippen LogP contribution in [0.1, 0.15) is 36.5 Å². The molecule has 21 heavy (non-hydrogen) atoms. The van der Waals surface area contributed by atoms with Gasteiger partial charge in [0.25, 0.3) is 5.91 Å². The van der Waals surface area contributed by atoms with E-state index in [2.05, 4.69) is 17.2 Å². The van der Waals surface area contributed by atoms with Crippen molar-refractivity contribution in [3.8, 4) is 0 Å². The number of rotatable bonds is 7. The summed E-state index contributed by atoms with van der Waals surface area (Å²) in [4.78, 5) is 18.2. The van der Waals surface area contributed by atoms with E-state index in [4.69, 9.17) is 5.73 Å². The van der Waals surface area contributed by atoms with Gasteiger partial charge in [-0.25, -0.2) is 4.98 Å². The molecule has 1 amide bonds. The molecular formula is C14H26Cl2N4O. The highest BCUT2D eigenvalue weighted by Crippen LogP contribution is 2.08. The van der Waals surface area contributed by atoms with Crippen LogP contribution in [0.5, 0.6) is 0 Å². The van der Waals surface area contributed by atoms with Crippen LogP contribution in [-0.2, 0) is 0 Å². The number of unbranched alkanes of at least 4 members (excludes halogenated alkanes) is 1. The van der Waals surface area contributed by atoms with Crippen LogP contribution in [-0.4, -0.2) is 37.6 Å². The van der Waals surface area contributed by atoms with Crippen molar-refractivity contribution in [2.24, 2.45) is 5.73 Å². The van der Waals surface area contributed by atoms with E-state index in [1.807, 2.05) is 25.1 Å². The van der Waals surface area contributed by atoms with Crippen molar-refractivity contribution in [1.29, 1.82) is 0 Å². The van der Waals surface area contributed by atoms with E-state index >= 15 is 0 Å². The van der Waals surface area contributed by atoms with Gasteiger partial charge in [-0.15, -0.1) is 24.8 Å². The Kier molecular flexibility index (Phi) is 12.3. The minimum Gasteiger partial charge on any atom is -0.363 e. The molecule has 1 heterocycles. The van der Waals surface area contributed by atoms with Gasteiger partial charge in [0.15, 0.2) is 0 Å². The summed E-state index contributed by atoms with van der Waals surface area (Å²) in [5, 5.41) is 2.95. The molecule has 7 heteroatoms. The number of hydrogen-bond acceptors (Lipinski definition) is 4. The molecule has 0 aromatic carbocycles. The predicted molar refractivity (Wildman–Crippen MR) is 92.9 cm³/mol. The van der Waals surface area contributed by atoms with E-state index in [0.717, 1.165) is 25.1 Å². The highest BCUT2D eigenvalue weighted by Gasteiger charge is 2.12. The van der Waals surface area contributed by atoms with Crippen LogP contribution < -0.4 is 16.0 Å². The third kappa shape index (κ3) is 7.50. The summed E-state index contributed by atoms with van der Waals surface area (Å²) < 4.78 is 0. The SMILES string of the molecule is CCCCC(CN)NC(=O)c1ccc(N(C)C)nc1.Cl.Cl. The average molecular weight is 337 g/mol. The number of carbonyl (C=O) groups excluding carboxylic acids is 1. The fourth-order valence-corrected chi connectivity index (χ4v) is 1.75. The van der Waals surface area contributed by atoms with Crippen molar-refractivity contribution in [2.75, 3.05) is 25.5 Å². The van der Waals surface area contributed by atoms with Crippen molar-refractivity contribution in [3.63, 3.8) is 0 Å². The normalized spacial score (nSPS) is 10.9. The third-order valence-electron chi connectivity index (χ3n) is 2.99. The van der Waals surface area contributed by atoms with Crippen molar-refractivity contribution in [2.45, 2.75) is 32.2 Å². The molecule has 0 radical (unpaired) electrons. The Labute approximate surface area is 139 Å². The number of carbonyl (C=O) groups is 1. The molecule has 1 aromatic rings. The summed E-state index contributed by atoms with van der Waals surface area (Å²) in [6, 6.07) is 3.66. The van der Waals surface area contributed by atoms with Crippen LogP contribution in [0.2, 0.25) is 0 Å². The molecule has 0 spiro atoms. The van der Waals surface area contributed by atoms with Crippen LogP contribution in [0.15, 0.2) is 18.3 Å². The summed E-state index contributed by atoms with van der Waals surface area (Å²) in [7, 11) is 3.83. The van der Waals surface area contributed by atoms with Crippen molar-refractivity contribution >= 4 is 36.5 Å². The highest BCUT2D eigenvalue weighted by atomic mass is 35.5. The van der Waals surface area contributed by atoms with Gasteiger partial charge in [-0.05, 0) is 18.6 Å². The molecule has 122 valence electrons. The lowest BCUT2D eigenvalue weighted by atomic mass is 10.1. The maximum Gasteiger partial charge on any atom is 0.253 e. The second kappa shape index (κ2) is 11.6. The quantitative estimate of drug-likeness (QED) is 0.800. The molecule has 0 fully saturated rings. The monoisotopic (exact) mass is 336 g/mol. The standard InChI is InChI=1S/C14H24N4O.2ClH/c1-4-5-6-12(9-15)17-14(19)11-7-8-13(16-10-11)18(2)3;;/h7-8,10,12H,4-6,9,15H2,1-3H3,(H,17,19);2*1H. The van der Waals surface area contributed by atoms with Crippen molar-refractivity contribution < 1.29 is 4.79 Å². The molecular weight excluding hydrogens is 311 g/mol. The third-order valence-corrected chi connectivity index (χ3v) is 2.99. The number of hydrogen-bond donors (Lipinski definition) is 2. The van der Waals surface area contributed by atoms with Crippen LogP contribution in [0, 0.1) is 0 Å². The maximum atomic E-state index is 12.0. The zero-order chi connectivity index (χ0) is 14.3. The largest absolute Gasteiger partial charge is 0.363 e. The molecule has 0 aliphatic rings. The molecule has 5 nitrogen and oxygen atoms in total. The van der Waals surface area contributed by atoms with Gasteiger partial charge in [0.05, 0.1) is 5.56 Å². The lowest BCUT2D eigenvalue weighted by Crippen LogP contribution is -2.40. The van der Waals surface area contributed by atoms with Crippen molar-refractivity contribution in [3.05, 3.63) is 23.9 Å². The Balaban J connectivity index is 0. The van der Waals surface area contributed by atoms with Gasteiger partial charge in [0, 0.05) is 32.9 Å². The number of anilines is 1. The Bertz CT molecular complexity index is 398. The lowest BCUT2D eigenvalue weighted by Gasteiger charge is -2.17. The Morgan fingerprint density at radius 3 is 2.48 bits per heavy atom. The minimum atomic E-state index is -0.107. The van der Waals surface area contributed by atoms with Gasteiger partial charge in [0.2, 0.25) is 0 Å². The maximum absolute atomic E-state index is 12.0. The molecule has 0 aliphatic carbocycles. The van der Waals surface area contributed by atoms with Gasteiger partial charge in [-0.1, -0.05) is 19.8 Å². The number of amides is 1. The summed E-state index contributed by atoms with van der Waals surface area (Å²) >= 11 is 0. The highest BCUT2D eigenvalue weighted by molar-refractivity contribution is 5.94. The van der Waals surface area contributed by atoms with Crippen LogP contribution >= 0.6 is 24.8 Å². The first-order chi connectivity index (χ1) is 9.08. The molecule has 3 N–H and O–H groups in total. The summed E-state index contributed by atoms with van der Waals surface area (Å²) in [5.41, 5.74) is 6.24. The van der Waals surface area contributed by atoms with E-state index in [1.54, 1.807) is 12.3 Å². The molecule has 0 saturated heterocycles.